The highest BCUT2D eigenvalue weighted by atomic mass is 16.5. The minimum absolute atomic E-state index is 0.294. The zero-order valence-electron chi connectivity index (χ0n) is 9.58. The summed E-state index contributed by atoms with van der Waals surface area (Å²) in [5.41, 5.74) is 2.78. The van der Waals surface area contributed by atoms with Crippen LogP contribution in [0.3, 0.4) is 0 Å². The Labute approximate surface area is 90.8 Å². The number of hydrazine groups is 1. The Bertz CT molecular complexity index is 307. The molecule has 84 valence electrons. The SMILES string of the molecule is CC(C)(C)CCOc1ccnc(NN)c1. The summed E-state index contributed by atoms with van der Waals surface area (Å²) in [4.78, 5) is 4.00. The number of rotatable bonds is 4. The molecular formula is C11H19N3O. The Balaban J connectivity index is 2.44. The van der Waals surface area contributed by atoms with Gasteiger partial charge in [-0.25, -0.2) is 10.8 Å². The van der Waals surface area contributed by atoms with Gasteiger partial charge in [0.15, 0.2) is 0 Å². The van der Waals surface area contributed by atoms with Crippen LogP contribution in [0, 0.1) is 5.41 Å². The van der Waals surface area contributed by atoms with E-state index in [-0.39, 0.29) is 0 Å². The molecule has 0 spiro atoms. The van der Waals surface area contributed by atoms with E-state index in [1.165, 1.54) is 0 Å². The Morgan fingerprint density at radius 1 is 1.47 bits per heavy atom. The van der Waals surface area contributed by atoms with E-state index < -0.39 is 0 Å². The molecule has 0 atom stereocenters. The second-order valence-electron chi connectivity index (χ2n) is 4.68. The first-order chi connectivity index (χ1) is 7.01. The normalized spacial score (nSPS) is 11.2. The van der Waals surface area contributed by atoms with Gasteiger partial charge < -0.3 is 10.2 Å². The summed E-state index contributed by atoms with van der Waals surface area (Å²) in [5.74, 6) is 6.66. The molecule has 0 bridgehead atoms. The third-order valence-electron chi connectivity index (χ3n) is 2.00. The second-order valence-corrected chi connectivity index (χ2v) is 4.68. The standard InChI is InChI=1S/C11H19N3O/c1-11(2,3)5-7-15-9-4-6-13-10(8-9)14-12/h4,6,8H,5,7,12H2,1-3H3,(H,13,14). The van der Waals surface area contributed by atoms with Crippen LogP contribution in [0.1, 0.15) is 27.2 Å². The van der Waals surface area contributed by atoms with Crippen LogP contribution in [0.15, 0.2) is 18.3 Å². The van der Waals surface area contributed by atoms with Gasteiger partial charge in [-0.2, -0.15) is 0 Å². The minimum Gasteiger partial charge on any atom is -0.493 e. The molecular weight excluding hydrogens is 190 g/mol. The molecule has 1 rings (SSSR count). The molecule has 0 unspecified atom stereocenters. The highest BCUT2D eigenvalue weighted by Crippen LogP contribution is 2.20. The van der Waals surface area contributed by atoms with Crippen molar-refractivity contribution in [1.82, 2.24) is 4.98 Å². The number of hydrogen-bond acceptors (Lipinski definition) is 4. The summed E-state index contributed by atoms with van der Waals surface area (Å²) in [6.45, 7) is 7.28. The lowest BCUT2D eigenvalue weighted by Gasteiger charge is -2.18. The van der Waals surface area contributed by atoms with Crippen molar-refractivity contribution < 1.29 is 4.74 Å². The smallest absolute Gasteiger partial charge is 0.143 e. The number of nitrogens with zero attached hydrogens (tertiary/aromatic N) is 1. The molecule has 0 radical (unpaired) electrons. The predicted octanol–water partition coefficient (Wildman–Crippen LogP) is 2.18. The van der Waals surface area contributed by atoms with Crippen molar-refractivity contribution in [2.75, 3.05) is 12.0 Å². The molecule has 0 saturated heterocycles. The second kappa shape index (κ2) is 4.98. The lowest BCUT2D eigenvalue weighted by molar-refractivity contribution is 0.243. The van der Waals surface area contributed by atoms with E-state index in [9.17, 15) is 0 Å². The molecule has 3 N–H and O–H groups in total. The number of ether oxygens (including phenoxy) is 1. The number of pyridine rings is 1. The Morgan fingerprint density at radius 2 is 2.20 bits per heavy atom. The van der Waals surface area contributed by atoms with Gasteiger partial charge >= 0.3 is 0 Å². The monoisotopic (exact) mass is 209 g/mol. The zero-order valence-corrected chi connectivity index (χ0v) is 9.58. The van der Waals surface area contributed by atoms with Crippen molar-refractivity contribution in [2.24, 2.45) is 11.3 Å². The highest BCUT2D eigenvalue weighted by molar-refractivity contribution is 5.39. The number of nitrogen functional groups attached to an aromatic ring is 1. The molecule has 1 heterocycles. The Kier molecular flexibility index (Phi) is 3.91. The molecule has 0 saturated carbocycles. The molecule has 0 aliphatic heterocycles. The molecule has 0 aliphatic rings. The van der Waals surface area contributed by atoms with E-state index in [0.29, 0.717) is 17.8 Å². The molecule has 1 aromatic rings. The third-order valence-corrected chi connectivity index (χ3v) is 2.00. The third kappa shape index (κ3) is 4.65. The van der Waals surface area contributed by atoms with E-state index in [4.69, 9.17) is 10.6 Å². The van der Waals surface area contributed by atoms with E-state index in [1.54, 1.807) is 12.3 Å². The first kappa shape index (κ1) is 11.8. The molecule has 4 heteroatoms. The van der Waals surface area contributed by atoms with Crippen molar-refractivity contribution in [1.29, 1.82) is 0 Å². The van der Waals surface area contributed by atoms with Gasteiger partial charge in [0.1, 0.15) is 11.6 Å². The summed E-state index contributed by atoms with van der Waals surface area (Å²) in [6, 6.07) is 3.60. The lowest BCUT2D eigenvalue weighted by atomic mass is 9.93. The van der Waals surface area contributed by atoms with E-state index >= 15 is 0 Å². The Morgan fingerprint density at radius 3 is 2.80 bits per heavy atom. The lowest BCUT2D eigenvalue weighted by Crippen LogP contribution is -2.12. The summed E-state index contributed by atoms with van der Waals surface area (Å²) >= 11 is 0. The number of nitrogens with two attached hydrogens (primary N) is 1. The van der Waals surface area contributed by atoms with Gasteiger partial charge in [-0.1, -0.05) is 20.8 Å². The number of anilines is 1. The summed E-state index contributed by atoms with van der Waals surface area (Å²) < 4.78 is 5.59. The van der Waals surface area contributed by atoms with Crippen LogP contribution < -0.4 is 16.0 Å². The van der Waals surface area contributed by atoms with Gasteiger partial charge in [-0.3, -0.25) is 0 Å². The van der Waals surface area contributed by atoms with Crippen LogP contribution in [-0.4, -0.2) is 11.6 Å². The first-order valence-corrected chi connectivity index (χ1v) is 5.07. The fourth-order valence-corrected chi connectivity index (χ4v) is 1.05. The number of hydrogen-bond donors (Lipinski definition) is 2. The quantitative estimate of drug-likeness (QED) is 0.589. The summed E-state index contributed by atoms with van der Waals surface area (Å²) in [7, 11) is 0. The molecule has 0 aromatic carbocycles. The fraction of sp³-hybridized carbons (Fsp3) is 0.545. The van der Waals surface area contributed by atoms with Gasteiger partial charge in [0.05, 0.1) is 6.61 Å². The largest absolute Gasteiger partial charge is 0.493 e. The van der Waals surface area contributed by atoms with Crippen LogP contribution in [0.25, 0.3) is 0 Å². The molecule has 4 nitrogen and oxygen atoms in total. The maximum atomic E-state index is 5.59. The summed E-state index contributed by atoms with van der Waals surface area (Å²) in [6.07, 6.45) is 2.68. The highest BCUT2D eigenvalue weighted by Gasteiger charge is 2.09. The molecule has 0 amide bonds. The zero-order chi connectivity index (χ0) is 11.3. The van der Waals surface area contributed by atoms with Crippen molar-refractivity contribution in [3.8, 4) is 5.75 Å². The maximum Gasteiger partial charge on any atom is 0.143 e. The molecule has 0 fully saturated rings. The van der Waals surface area contributed by atoms with Gasteiger partial charge in [0.2, 0.25) is 0 Å². The van der Waals surface area contributed by atoms with Crippen molar-refractivity contribution in [3.05, 3.63) is 18.3 Å². The summed E-state index contributed by atoms with van der Waals surface area (Å²) in [5, 5.41) is 0. The Hall–Kier alpha value is -1.29. The van der Waals surface area contributed by atoms with Gasteiger partial charge in [-0.15, -0.1) is 0 Å². The van der Waals surface area contributed by atoms with Crippen molar-refractivity contribution in [2.45, 2.75) is 27.2 Å². The predicted molar refractivity (Wildman–Crippen MR) is 61.6 cm³/mol. The van der Waals surface area contributed by atoms with Crippen molar-refractivity contribution in [3.63, 3.8) is 0 Å². The van der Waals surface area contributed by atoms with Crippen molar-refractivity contribution >= 4 is 5.82 Å². The van der Waals surface area contributed by atoms with E-state index in [2.05, 4.69) is 31.2 Å². The minimum atomic E-state index is 0.294. The topological polar surface area (TPSA) is 60.2 Å². The average Bonchev–Trinajstić information content (AvgIpc) is 2.16. The molecule has 15 heavy (non-hydrogen) atoms. The maximum absolute atomic E-state index is 5.59. The van der Waals surface area contributed by atoms with Crippen LogP contribution in [0.5, 0.6) is 5.75 Å². The van der Waals surface area contributed by atoms with Gasteiger partial charge in [0.25, 0.3) is 0 Å². The van der Waals surface area contributed by atoms with Gasteiger partial charge in [0, 0.05) is 12.3 Å². The van der Waals surface area contributed by atoms with E-state index in [1.807, 2.05) is 6.07 Å². The van der Waals surface area contributed by atoms with Crippen LogP contribution in [-0.2, 0) is 0 Å². The van der Waals surface area contributed by atoms with Crippen LogP contribution in [0.4, 0.5) is 5.82 Å². The molecule has 1 aromatic heterocycles. The number of nitrogens with one attached hydrogen (secondary N) is 1. The van der Waals surface area contributed by atoms with Crippen LogP contribution in [0.2, 0.25) is 0 Å². The first-order valence-electron chi connectivity index (χ1n) is 5.07. The van der Waals surface area contributed by atoms with Gasteiger partial charge in [-0.05, 0) is 17.9 Å². The fourth-order valence-electron chi connectivity index (χ4n) is 1.05. The number of aromatic nitrogens is 1. The molecule has 0 aliphatic carbocycles. The average molecular weight is 209 g/mol. The van der Waals surface area contributed by atoms with Crippen LogP contribution >= 0.6 is 0 Å². The van der Waals surface area contributed by atoms with E-state index in [0.717, 1.165) is 12.2 Å².